The van der Waals surface area contributed by atoms with Crippen molar-refractivity contribution in [2.24, 2.45) is 0 Å². The lowest BCUT2D eigenvalue weighted by Gasteiger charge is -2.12. The summed E-state index contributed by atoms with van der Waals surface area (Å²) < 4.78 is 27.9. The second kappa shape index (κ2) is 8.56. The second-order valence-electron chi connectivity index (χ2n) is 5.95. The Kier molecular flexibility index (Phi) is 6.16. The van der Waals surface area contributed by atoms with Gasteiger partial charge in [-0.2, -0.15) is 0 Å². The van der Waals surface area contributed by atoms with Gasteiger partial charge in [-0.3, -0.25) is 4.21 Å². The molecule has 0 amide bonds. The molecule has 0 aromatic heterocycles. The Labute approximate surface area is 159 Å². The Bertz CT molecular complexity index is 837. The topological polar surface area (TPSA) is 61.8 Å². The van der Waals surface area contributed by atoms with Crippen molar-refractivity contribution in [2.45, 2.75) is 18.8 Å². The van der Waals surface area contributed by atoms with Crippen molar-refractivity contribution in [2.75, 3.05) is 19.5 Å². The van der Waals surface area contributed by atoms with Gasteiger partial charge in [-0.15, -0.1) is 0 Å². The molecule has 0 bridgehead atoms. The van der Waals surface area contributed by atoms with Crippen LogP contribution in [0.25, 0.3) is 0 Å². The van der Waals surface area contributed by atoms with Crippen molar-refractivity contribution < 1.29 is 23.2 Å². The van der Waals surface area contributed by atoms with Crippen molar-refractivity contribution in [3.05, 3.63) is 58.1 Å². The Balaban J connectivity index is 1.69. The third-order valence-corrected chi connectivity index (χ3v) is 4.79. The van der Waals surface area contributed by atoms with Crippen LogP contribution in [0.1, 0.15) is 27.9 Å². The first-order chi connectivity index (χ1) is 12.5. The van der Waals surface area contributed by atoms with E-state index in [0.717, 1.165) is 17.5 Å². The van der Waals surface area contributed by atoms with Gasteiger partial charge < -0.3 is 14.2 Å². The van der Waals surface area contributed by atoms with Crippen molar-refractivity contribution in [1.29, 1.82) is 0 Å². The maximum atomic E-state index is 12.3. The smallest absolute Gasteiger partial charge is 0.338 e. The third kappa shape index (κ3) is 4.77. The predicted molar refractivity (Wildman–Crippen MR) is 100 cm³/mol. The van der Waals surface area contributed by atoms with Gasteiger partial charge in [0.15, 0.2) is 11.5 Å². The molecule has 138 valence electrons. The summed E-state index contributed by atoms with van der Waals surface area (Å²) in [5, 5.41) is 0.433. The number of benzene rings is 2. The molecule has 1 atom stereocenters. The molecule has 0 saturated carbocycles. The van der Waals surface area contributed by atoms with Crippen LogP contribution in [0.5, 0.6) is 11.5 Å². The lowest BCUT2D eigenvalue weighted by Crippen LogP contribution is -2.06. The summed E-state index contributed by atoms with van der Waals surface area (Å²) in [6.07, 6.45) is 2.41. The molecule has 26 heavy (non-hydrogen) atoms. The molecule has 0 fully saturated rings. The molecule has 0 saturated heterocycles. The second-order valence-corrected chi connectivity index (χ2v) is 7.79. The number of carbonyl (C=O) groups excluding carboxylic acids is 1. The number of esters is 1. The number of hydrogen-bond donors (Lipinski definition) is 0. The summed E-state index contributed by atoms with van der Waals surface area (Å²) in [5.41, 5.74) is 1.98. The van der Waals surface area contributed by atoms with E-state index in [-0.39, 0.29) is 6.61 Å². The van der Waals surface area contributed by atoms with Crippen LogP contribution >= 0.6 is 11.6 Å². The molecule has 3 rings (SSSR count). The summed E-state index contributed by atoms with van der Waals surface area (Å²) in [6.45, 7) is 1.18. The highest BCUT2D eigenvalue weighted by Crippen LogP contribution is 2.38. The van der Waals surface area contributed by atoms with Crippen molar-refractivity contribution in [3.8, 4) is 11.5 Å². The van der Waals surface area contributed by atoms with Crippen LogP contribution in [-0.4, -0.2) is 29.6 Å². The fraction of sp³-hybridized carbons (Fsp3) is 0.316. The van der Waals surface area contributed by atoms with E-state index in [1.54, 1.807) is 36.6 Å². The minimum atomic E-state index is -0.970. The maximum absolute atomic E-state index is 12.3. The van der Waals surface area contributed by atoms with E-state index < -0.39 is 16.8 Å². The van der Waals surface area contributed by atoms with Crippen LogP contribution in [0.2, 0.25) is 5.02 Å². The molecule has 1 heterocycles. The lowest BCUT2D eigenvalue weighted by molar-refractivity contribution is 0.0472. The minimum Gasteiger partial charge on any atom is -0.489 e. The van der Waals surface area contributed by atoms with Crippen molar-refractivity contribution in [1.82, 2.24) is 0 Å². The van der Waals surface area contributed by atoms with Crippen LogP contribution in [0.3, 0.4) is 0 Å². The molecule has 0 spiro atoms. The molecule has 1 aliphatic heterocycles. The zero-order valence-electron chi connectivity index (χ0n) is 14.3. The first-order valence-corrected chi connectivity index (χ1v) is 10.3. The van der Waals surface area contributed by atoms with Crippen LogP contribution in [0.15, 0.2) is 36.4 Å². The van der Waals surface area contributed by atoms with E-state index in [9.17, 15) is 9.00 Å². The summed E-state index contributed by atoms with van der Waals surface area (Å²) in [5.74, 6) is 1.05. The van der Waals surface area contributed by atoms with Gasteiger partial charge in [-0.25, -0.2) is 4.79 Å². The SMILES string of the molecule is C[S@](=O)Cc1cccc(C(=O)OCc2cc(Cl)c3c(c2)OCCCO3)c1. The number of fused-ring (bicyclic) bond motifs is 1. The summed E-state index contributed by atoms with van der Waals surface area (Å²) >= 11 is 6.25. The monoisotopic (exact) mass is 394 g/mol. The normalized spacial score (nSPS) is 14.4. The number of ether oxygens (including phenoxy) is 3. The molecule has 0 radical (unpaired) electrons. The minimum absolute atomic E-state index is 0.0686. The van der Waals surface area contributed by atoms with E-state index in [1.165, 1.54) is 0 Å². The fourth-order valence-corrected chi connectivity index (χ4v) is 3.56. The van der Waals surface area contributed by atoms with Crippen molar-refractivity contribution >= 4 is 28.4 Å². The molecule has 0 aliphatic carbocycles. The Morgan fingerprint density at radius 1 is 1.19 bits per heavy atom. The average Bonchev–Trinajstić information content (AvgIpc) is 2.85. The Morgan fingerprint density at radius 2 is 2.00 bits per heavy atom. The van der Waals surface area contributed by atoms with Crippen LogP contribution < -0.4 is 9.47 Å². The molecule has 5 nitrogen and oxygen atoms in total. The van der Waals surface area contributed by atoms with E-state index in [0.29, 0.717) is 41.1 Å². The maximum Gasteiger partial charge on any atom is 0.338 e. The number of rotatable bonds is 5. The highest BCUT2D eigenvalue weighted by molar-refractivity contribution is 7.83. The van der Waals surface area contributed by atoms with Gasteiger partial charge >= 0.3 is 5.97 Å². The molecule has 2 aromatic carbocycles. The summed E-state index contributed by atoms with van der Waals surface area (Å²) in [4.78, 5) is 12.3. The van der Waals surface area contributed by atoms with E-state index in [2.05, 4.69) is 0 Å². The van der Waals surface area contributed by atoms with E-state index in [4.69, 9.17) is 25.8 Å². The van der Waals surface area contributed by atoms with Crippen LogP contribution in [-0.2, 0) is 27.9 Å². The zero-order chi connectivity index (χ0) is 18.5. The van der Waals surface area contributed by atoms with Crippen LogP contribution in [0.4, 0.5) is 0 Å². The quantitative estimate of drug-likeness (QED) is 0.723. The number of carbonyl (C=O) groups is 1. The van der Waals surface area contributed by atoms with Crippen molar-refractivity contribution in [3.63, 3.8) is 0 Å². The average molecular weight is 395 g/mol. The van der Waals surface area contributed by atoms with Gasteiger partial charge in [0.05, 0.1) is 23.8 Å². The molecular formula is C19H19ClO5S. The Morgan fingerprint density at radius 3 is 2.81 bits per heavy atom. The number of halogens is 1. The molecular weight excluding hydrogens is 376 g/mol. The van der Waals surface area contributed by atoms with Gasteiger partial charge in [0.2, 0.25) is 0 Å². The van der Waals surface area contributed by atoms with Crippen LogP contribution in [0, 0.1) is 0 Å². The zero-order valence-corrected chi connectivity index (χ0v) is 15.9. The van der Waals surface area contributed by atoms with Gasteiger partial charge in [0.25, 0.3) is 0 Å². The fourth-order valence-electron chi connectivity index (χ4n) is 2.62. The summed E-state index contributed by atoms with van der Waals surface area (Å²) in [7, 11) is -0.970. The molecule has 0 N–H and O–H groups in total. The van der Waals surface area contributed by atoms with E-state index in [1.807, 2.05) is 6.07 Å². The molecule has 2 aromatic rings. The number of hydrogen-bond acceptors (Lipinski definition) is 5. The molecule has 0 unspecified atom stereocenters. The first-order valence-electron chi connectivity index (χ1n) is 8.17. The van der Waals surface area contributed by atoms with Gasteiger partial charge in [0.1, 0.15) is 6.61 Å². The lowest BCUT2D eigenvalue weighted by atomic mass is 10.1. The predicted octanol–water partition coefficient (Wildman–Crippen LogP) is 3.74. The summed E-state index contributed by atoms with van der Waals surface area (Å²) in [6, 6.07) is 10.4. The standard InChI is InChI=1S/C19H19ClO5S/c1-26(22)12-13-4-2-5-15(8-13)19(21)25-11-14-9-16(20)18-17(10-14)23-6-3-7-24-18/h2,4-5,8-10H,3,6-7,11-12H2,1H3/t26-/m0/s1. The van der Waals surface area contributed by atoms with Gasteiger partial charge in [0, 0.05) is 29.2 Å². The Hall–Kier alpha value is -2.05. The van der Waals surface area contributed by atoms with Gasteiger partial charge in [-0.05, 0) is 35.4 Å². The third-order valence-electron chi connectivity index (χ3n) is 3.76. The van der Waals surface area contributed by atoms with Gasteiger partial charge in [-0.1, -0.05) is 23.7 Å². The highest BCUT2D eigenvalue weighted by Gasteiger charge is 2.16. The molecule has 7 heteroatoms. The molecule has 1 aliphatic rings. The first kappa shape index (κ1) is 18.7. The van der Waals surface area contributed by atoms with E-state index >= 15 is 0 Å². The highest BCUT2D eigenvalue weighted by atomic mass is 35.5. The largest absolute Gasteiger partial charge is 0.489 e.